The molecule has 3 heterocycles. The Morgan fingerprint density at radius 2 is 0.712 bits per heavy atom. The van der Waals surface area contributed by atoms with Gasteiger partial charge in [-0.05, 0) is 101 Å². The maximum Gasteiger partial charge on any atom is 0.0992 e. The van der Waals surface area contributed by atoms with Crippen LogP contribution in [0.25, 0.3) is 104 Å². The van der Waals surface area contributed by atoms with Gasteiger partial charge in [-0.3, -0.25) is 0 Å². The highest BCUT2D eigenvalue weighted by Gasteiger charge is 2.20. The molecule has 9 aromatic carbocycles. The molecule has 12 aromatic rings. The number of hydrogen-bond donors (Lipinski definition) is 0. The number of nitrogens with zero attached hydrogens (tertiary/aromatic N) is 5. The molecular weight excluding hydrogens is 719 g/mol. The van der Waals surface area contributed by atoms with Crippen LogP contribution in [0.1, 0.15) is 11.1 Å². The van der Waals surface area contributed by atoms with Crippen molar-refractivity contribution in [3.8, 4) is 40.3 Å². The fourth-order valence-corrected chi connectivity index (χ4v) is 9.59. The molecule has 0 atom stereocenters. The first-order valence-corrected chi connectivity index (χ1v) is 19.7. The first kappa shape index (κ1) is 32.8. The van der Waals surface area contributed by atoms with E-state index in [1.165, 1.54) is 43.6 Å². The molecular formula is C54H31N5. The molecule has 0 unspecified atom stereocenters. The minimum absolute atomic E-state index is 0.465. The molecule has 0 bridgehead atoms. The lowest BCUT2D eigenvalue weighted by Gasteiger charge is -2.15. The van der Waals surface area contributed by atoms with E-state index in [2.05, 4.69) is 196 Å². The van der Waals surface area contributed by atoms with Crippen LogP contribution < -0.4 is 0 Å². The van der Waals surface area contributed by atoms with E-state index in [4.69, 9.17) is 0 Å². The Bertz CT molecular complexity index is 3510. The summed E-state index contributed by atoms with van der Waals surface area (Å²) in [6.07, 6.45) is 0. The number of nitriles is 2. The van der Waals surface area contributed by atoms with Gasteiger partial charge in [0.2, 0.25) is 0 Å². The zero-order valence-corrected chi connectivity index (χ0v) is 31.6. The monoisotopic (exact) mass is 749 g/mol. The van der Waals surface area contributed by atoms with Crippen molar-refractivity contribution >= 4 is 76.2 Å². The molecule has 0 aliphatic rings. The van der Waals surface area contributed by atoms with Gasteiger partial charge < -0.3 is 13.7 Å². The number of aromatic nitrogens is 3. The number of benzene rings is 9. The Morgan fingerprint density at radius 1 is 0.305 bits per heavy atom. The normalized spacial score (nSPS) is 11.7. The topological polar surface area (TPSA) is 62.4 Å². The van der Waals surface area contributed by atoms with E-state index in [1.807, 2.05) is 12.1 Å². The van der Waals surface area contributed by atoms with Crippen molar-refractivity contribution in [3.63, 3.8) is 0 Å². The zero-order chi connectivity index (χ0) is 39.2. The fourth-order valence-electron chi connectivity index (χ4n) is 9.59. The number of hydrogen-bond acceptors (Lipinski definition) is 2. The second-order valence-corrected chi connectivity index (χ2v) is 15.2. The Balaban J connectivity index is 1.16. The van der Waals surface area contributed by atoms with Gasteiger partial charge in [0.25, 0.3) is 0 Å². The molecule has 0 saturated carbocycles. The van der Waals surface area contributed by atoms with Crippen LogP contribution in [0.4, 0.5) is 0 Å². The van der Waals surface area contributed by atoms with Crippen LogP contribution in [-0.4, -0.2) is 13.7 Å². The van der Waals surface area contributed by atoms with E-state index < -0.39 is 0 Å². The minimum Gasteiger partial charge on any atom is -0.309 e. The molecule has 272 valence electrons. The molecule has 0 aliphatic carbocycles. The quantitative estimate of drug-likeness (QED) is 0.180. The van der Waals surface area contributed by atoms with Gasteiger partial charge in [-0.15, -0.1) is 0 Å². The van der Waals surface area contributed by atoms with Gasteiger partial charge in [0, 0.05) is 49.1 Å². The minimum atomic E-state index is 0.465. The van der Waals surface area contributed by atoms with Crippen LogP contribution in [0, 0.1) is 22.7 Å². The molecule has 59 heavy (non-hydrogen) atoms. The van der Waals surface area contributed by atoms with Crippen LogP contribution >= 0.6 is 0 Å². The Hall–Kier alpha value is -8.38. The Kier molecular flexibility index (Phi) is 6.99. The van der Waals surface area contributed by atoms with Gasteiger partial charge in [0.1, 0.15) is 0 Å². The van der Waals surface area contributed by atoms with Crippen molar-refractivity contribution in [1.29, 1.82) is 10.5 Å². The predicted molar refractivity (Wildman–Crippen MR) is 242 cm³/mol. The summed E-state index contributed by atoms with van der Waals surface area (Å²) < 4.78 is 7.17. The highest BCUT2D eigenvalue weighted by atomic mass is 15.0. The lowest BCUT2D eigenvalue weighted by atomic mass is 9.95. The van der Waals surface area contributed by atoms with E-state index in [1.54, 1.807) is 6.07 Å². The second kappa shape index (κ2) is 12.6. The largest absolute Gasteiger partial charge is 0.309 e. The highest BCUT2D eigenvalue weighted by Crippen LogP contribution is 2.41. The summed E-state index contributed by atoms with van der Waals surface area (Å²) in [5.74, 6) is 0. The maximum atomic E-state index is 9.81. The van der Waals surface area contributed by atoms with Crippen LogP contribution in [0.2, 0.25) is 0 Å². The third-order valence-electron chi connectivity index (χ3n) is 12.1. The maximum absolute atomic E-state index is 9.81. The van der Waals surface area contributed by atoms with Crippen molar-refractivity contribution in [3.05, 3.63) is 199 Å². The molecule has 0 spiro atoms. The van der Waals surface area contributed by atoms with Gasteiger partial charge in [0.15, 0.2) is 0 Å². The van der Waals surface area contributed by atoms with Gasteiger partial charge in [-0.2, -0.15) is 10.5 Å². The summed E-state index contributed by atoms with van der Waals surface area (Å²) in [6.45, 7) is 0. The third-order valence-corrected chi connectivity index (χ3v) is 12.1. The molecule has 5 heteroatoms. The van der Waals surface area contributed by atoms with Gasteiger partial charge in [-0.1, -0.05) is 103 Å². The van der Waals surface area contributed by atoms with Crippen molar-refractivity contribution < 1.29 is 0 Å². The first-order chi connectivity index (χ1) is 29.2. The average Bonchev–Trinajstić information content (AvgIpc) is 3.93. The lowest BCUT2D eigenvalue weighted by Crippen LogP contribution is -1.97. The lowest BCUT2D eigenvalue weighted by molar-refractivity contribution is 1.17. The van der Waals surface area contributed by atoms with E-state index in [9.17, 15) is 10.5 Å². The van der Waals surface area contributed by atoms with E-state index in [0.29, 0.717) is 11.1 Å². The van der Waals surface area contributed by atoms with Crippen molar-refractivity contribution in [1.82, 2.24) is 13.7 Å². The summed E-state index contributed by atoms with van der Waals surface area (Å²) in [7, 11) is 0. The zero-order valence-electron chi connectivity index (χ0n) is 31.6. The molecule has 12 rings (SSSR count). The van der Waals surface area contributed by atoms with E-state index in [0.717, 1.165) is 60.8 Å². The summed E-state index contributed by atoms with van der Waals surface area (Å²) >= 11 is 0. The van der Waals surface area contributed by atoms with Crippen molar-refractivity contribution in [2.45, 2.75) is 0 Å². The Labute approximate surface area is 338 Å². The van der Waals surface area contributed by atoms with Gasteiger partial charge >= 0.3 is 0 Å². The Morgan fingerprint density at radius 3 is 1.19 bits per heavy atom. The van der Waals surface area contributed by atoms with Gasteiger partial charge in [0.05, 0.1) is 62.1 Å². The van der Waals surface area contributed by atoms with Crippen molar-refractivity contribution in [2.75, 3.05) is 0 Å². The molecule has 0 fully saturated rings. The van der Waals surface area contributed by atoms with E-state index in [-0.39, 0.29) is 0 Å². The van der Waals surface area contributed by atoms with Crippen LogP contribution in [-0.2, 0) is 0 Å². The second-order valence-electron chi connectivity index (χ2n) is 15.2. The summed E-state index contributed by atoms with van der Waals surface area (Å²) in [6, 6.07) is 71.0. The molecule has 0 saturated heterocycles. The number of rotatable bonds is 4. The summed E-state index contributed by atoms with van der Waals surface area (Å²) in [4.78, 5) is 0. The molecule has 3 aromatic heterocycles. The standard InChI is InChI=1S/C54H31N5/c55-32-34-27-35(33-56)29-36(28-34)39-15-9-17-41-40(39)16-10-22-52(41)59-53-25-23-37(57-48-18-5-1-11-42(48)43-12-2-6-19-49(43)57)30-46(53)47-31-38(24-26-54(47)59)58-50-20-7-3-13-44(50)45-14-4-8-21-51(45)58/h1-31H. The molecule has 0 aliphatic heterocycles. The molecule has 0 radical (unpaired) electrons. The molecule has 0 amide bonds. The SMILES string of the molecule is N#Cc1cc(C#N)cc(-c2cccc3c(-n4c5ccc(-n6c7ccccc7c7ccccc76)cc5c5cc(-n6c7ccccc7c7ccccc76)ccc54)cccc23)c1. The number of para-hydroxylation sites is 4. The van der Waals surface area contributed by atoms with E-state index >= 15 is 0 Å². The average molecular weight is 750 g/mol. The first-order valence-electron chi connectivity index (χ1n) is 19.7. The molecule has 5 nitrogen and oxygen atoms in total. The predicted octanol–water partition coefficient (Wildman–Crippen LogP) is 13.5. The highest BCUT2D eigenvalue weighted by molar-refractivity contribution is 6.15. The van der Waals surface area contributed by atoms with Crippen LogP contribution in [0.5, 0.6) is 0 Å². The van der Waals surface area contributed by atoms with Crippen molar-refractivity contribution in [2.24, 2.45) is 0 Å². The smallest absolute Gasteiger partial charge is 0.0992 e. The third kappa shape index (κ3) is 4.77. The molecule has 0 N–H and O–H groups in total. The van der Waals surface area contributed by atoms with Crippen LogP contribution in [0.15, 0.2) is 188 Å². The number of fused-ring (bicyclic) bond motifs is 10. The summed E-state index contributed by atoms with van der Waals surface area (Å²) in [5.41, 5.74) is 12.9. The summed E-state index contributed by atoms with van der Waals surface area (Å²) in [5, 5.41) is 29.0. The van der Waals surface area contributed by atoms with Crippen LogP contribution in [0.3, 0.4) is 0 Å². The fraction of sp³-hybridized carbons (Fsp3) is 0. The van der Waals surface area contributed by atoms with Gasteiger partial charge in [-0.25, -0.2) is 0 Å².